The van der Waals surface area contributed by atoms with Gasteiger partial charge in [-0.2, -0.15) is 0 Å². The molecule has 5 nitrogen and oxygen atoms in total. The number of nitrogens with zero attached hydrogens (tertiary/aromatic N) is 1. The summed E-state index contributed by atoms with van der Waals surface area (Å²) in [5.41, 5.74) is 2.46. The highest BCUT2D eigenvalue weighted by molar-refractivity contribution is 5.99. The fourth-order valence-electron chi connectivity index (χ4n) is 1.71. The average molecular weight is 268 g/mol. The second-order valence-electron chi connectivity index (χ2n) is 4.57. The summed E-state index contributed by atoms with van der Waals surface area (Å²) >= 11 is 0. The Bertz CT molecular complexity index is 423. The lowest BCUT2D eigenvalue weighted by atomic mass is 10.1. The van der Waals surface area contributed by atoms with Crippen molar-refractivity contribution in [2.24, 2.45) is 5.84 Å². The van der Waals surface area contributed by atoms with Crippen LogP contribution >= 0.6 is 0 Å². The number of carbonyl (C=O) groups excluding carboxylic acids is 1. The van der Waals surface area contributed by atoms with Gasteiger partial charge in [0.05, 0.1) is 11.3 Å². The molecule has 4 N–H and O–H groups in total. The molecule has 1 aromatic rings. The van der Waals surface area contributed by atoms with Gasteiger partial charge in [-0.1, -0.05) is 6.07 Å². The number of unbranched alkanes of at least 4 members (excludes halogenated alkanes) is 1. The molecule has 106 valence electrons. The topological polar surface area (TPSA) is 70.4 Å². The first kappa shape index (κ1) is 15.4. The van der Waals surface area contributed by atoms with E-state index in [-0.39, 0.29) is 17.2 Å². The first-order valence-electron chi connectivity index (χ1n) is 6.24. The summed E-state index contributed by atoms with van der Waals surface area (Å²) in [4.78, 5) is 14.0. The predicted octanol–water partition coefficient (Wildman–Crippen LogP) is 1.18. The zero-order chi connectivity index (χ0) is 14.3. The van der Waals surface area contributed by atoms with E-state index in [0.29, 0.717) is 6.54 Å². The molecule has 0 aliphatic rings. The van der Waals surface area contributed by atoms with Gasteiger partial charge in [0, 0.05) is 6.54 Å². The molecule has 0 unspecified atom stereocenters. The number of hydrazine groups is 1. The first-order chi connectivity index (χ1) is 9.06. The van der Waals surface area contributed by atoms with E-state index in [2.05, 4.69) is 15.6 Å². The van der Waals surface area contributed by atoms with E-state index in [9.17, 15) is 9.18 Å². The van der Waals surface area contributed by atoms with Gasteiger partial charge in [-0.15, -0.1) is 0 Å². The van der Waals surface area contributed by atoms with Crippen LogP contribution in [0.3, 0.4) is 0 Å². The molecule has 0 saturated heterocycles. The third-order valence-electron chi connectivity index (χ3n) is 2.72. The average Bonchev–Trinajstić information content (AvgIpc) is 2.37. The van der Waals surface area contributed by atoms with E-state index in [1.807, 2.05) is 14.1 Å². The summed E-state index contributed by atoms with van der Waals surface area (Å²) in [7, 11) is 4.01. The molecule has 0 aliphatic heterocycles. The normalized spacial score (nSPS) is 10.6. The number of anilines is 1. The maximum absolute atomic E-state index is 13.4. The maximum atomic E-state index is 13.4. The van der Waals surface area contributed by atoms with Gasteiger partial charge in [0.2, 0.25) is 0 Å². The predicted molar refractivity (Wildman–Crippen MR) is 74.3 cm³/mol. The van der Waals surface area contributed by atoms with Crippen LogP contribution in [-0.4, -0.2) is 38.0 Å². The molecule has 0 aliphatic carbocycles. The number of rotatable bonds is 7. The number of halogens is 1. The van der Waals surface area contributed by atoms with Gasteiger partial charge >= 0.3 is 0 Å². The number of para-hydroxylation sites is 1. The molecule has 0 spiro atoms. The zero-order valence-electron chi connectivity index (χ0n) is 11.4. The number of hydrogen-bond donors (Lipinski definition) is 3. The van der Waals surface area contributed by atoms with E-state index in [0.717, 1.165) is 19.4 Å². The molecule has 0 atom stereocenters. The fraction of sp³-hybridized carbons (Fsp3) is 0.462. The van der Waals surface area contributed by atoms with Crippen LogP contribution in [0.5, 0.6) is 0 Å². The lowest BCUT2D eigenvalue weighted by Gasteiger charge is -2.11. The molecule has 19 heavy (non-hydrogen) atoms. The molecule has 0 radical (unpaired) electrons. The number of hydrogen-bond acceptors (Lipinski definition) is 4. The molecular formula is C13H21FN4O. The minimum atomic E-state index is -0.539. The molecule has 0 fully saturated rings. The summed E-state index contributed by atoms with van der Waals surface area (Å²) in [5.74, 6) is 4.36. The van der Waals surface area contributed by atoms with E-state index in [4.69, 9.17) is 5.84 Å². The number of amides is 1. The van der Waals surface area contributed by atoms with Crippen molar-refractivity contribution in [3.8, 4) is 0 Å². The number of nitrogen functional groups attached to an aromatic ring is 1. The van der Waals surface area contributed by atoms with Gasteiger partial charge in [0.15, 0.2) is 0 Å². The van der Waals surface area contributed by atoms with Gasteiger partial charge in [-0.25, -0.2) is 4.39 Å². The van der Waals surface area contributed by atoms with E-state index >= 15 is 0 Å². The van der Waals surface area contributed by atoms with Crippen LogP contribution in [0.25, 0.3) is 0 Å². The van der Waals surface area contributed by atoms with Crippen LogP contribution in [0, 0.1) is 5.82 Å². The lowest BCUT2D eigenvalue weighted by molar-refractivity contribution is 0.0953. The maximum Gasteiger partial charge on any atom is 0.253 e. The number of nitrogens with one attached hydrogen (secondary N) is 2. The van der Waals surface area contributed by atoms with Crippen LogP contribution in [0.15, 0.2) is 18.2 Å². The van der Waals surface area contributed by atoms with Crippen LogP contribution in [-0.2, 0) is 0 Å². The van der Waals surface area contributed by atoms with Crippen molar-refractivity contribution in [3.63, 3.8) is 0 Å². The Kier molecular flexibility index (Phi) is 6.24. The van der Waals surface area contributed by atoms with Crippen molar-refractivity contribution >= 4 is 11.6 Å². The van der Waals surface area contributed by atoms with Crippen LogP contribution in [0.2, 0.25) is 0 Å². The molecule has 6 heteroatoms. The molecule has 0 aromatic heterocycles. The standard InChI is InChI=1S/C13H21FN4O/c1-18(2)9-4-3-8-16-13(19)10-6-5-7-11(14)12(10)17-15/h5-7,17H,3-4,8-9,15H2,1-2H3,(H,16,19). The summed E-state index contributed by atoms with van der Waals surface area (Å²) < 4.78 is 13.4. The summed E-state index contributed by atoms with van der Waals surface area (Å²) in [5, 5.41) is 2.75. The molecule has 0 heterocycles. The largest absolute Gasteiger partial charge is 0.352 e. The molecule has 1 aromatic carbocycles. The highest BCUT2D eigenvalue weighted by Crippen LogP contribution is 2.18. The molecule has 0 saturated carbocycles. The van der Waals surface area contributed by atoms with Crippen molar-refractivity contribution in [1.29, 1.82) is 0 Å². The lowest BCUT2D eigenvalue weighted by Crippen LogP contribution is -2.27. The SMILES string of the molecule is CN(C)CCCCNC(=O)c1cccc(F)c1NN. The highest BCUT2D eigenvalue weighted by atomic mass is 19.1. The van der Waals surface area contributed by atoms with Crippen molar-refractivity contribution in [1.82, 2.24) is 10.2 Å². The van der Waals surface area contributed by atoms with Gasteiger partial charge in [-0.3, -0.25) is 10.6 Å². The van der Waals surface area contributed by atoms with Crippen LogP contribution in [0.1, 0.15) is 23.2 Å². The Morgan fingerprint density at radius 1 is 1.37 bits per heavy atom. The third-order valence-corrected chi connectivity index (χ3v) is 2.72. The Hall–Kier alpha value is -1.66. The van der Waals surface area contributed by atoms with Crippen LogP contribution < -0.4 is 16.6 Å². The minimum Gasteiger partial charge on any atom is -0.352 e. The Morgan fingerprint density at radius 3 is 2.74 bits per heavy atom. The quantitative estimate of drug-likeness (QED) is 0.394. The smallest absolute Gasteiger partial charge is 0.253 e. The second kappa shape index (κ2) is 7.70. The minimum absolute atomic E-state index is 0.0216. The Balaban J connectivity index is 2.48. The first-order valence-corrected chi connectivity index (χ1v) is 6.24. The molecule has 1 rings (SSSR count). The summed E-state index contributed by atoms with van der Waals surface area (Å²) in [6.45, 7) is 1.54. The van der Waals surface area contributed by atoms with E-state index in [1.165, 1.54) is 18.2 Å². The van der Waals surface area contributed by atoms with Gasteiger partial charge in [-0.05, 0) is 45.6 Å². The van der Waals surface area contributed by atoms with Gasteiger partial charge < -0.3 is 15.6 Å². The summed E-state index contributed by atoms with van der Waals surface area (Å²) in [6.07, 6.45) is 1.88. The Labute approximate surface area is 112 Å². The van der Waals surface area contributed by atoms with Gasteiger partial charge in [0.1, 0.15) is 5.82 Å². The molecule has 1 amide bonds. The zero-order valence-corrected chi connectivity index (χ0v) is 11.4. The van der Waals surface area contributed by atoms with Crippen molar-refractivity contribution in [2.45, 2.75) is 12.8 Å². The highest BCUT2D eigenvalue weighted by Gasteiger charge is 2.13. The van der Waals surface area contributed by atoms with E-state index < -0.39 is 5.82 Å². The van der Waals surface area contributed by atoms with Crippen molar-refractivity contribution in [2.75, 3.05) is 32.6 Å². The summed E-state index contributed by atoms with van der Waals surface area (Å²) in [6, 6.07) is 4.27. The fourth-order valence-corrected chi connectivity index (χ4v) is 1.71. The van der Waals surface area contributed by atoms with Crippen LogP contribution in [0.4, 0.5) is 10.1 Å². The third kappa shape index (κ3) is 4.84. The molecular weight excluding hydrogens is 247 g/mol. The van der Waals surface area contributed by atoms with E-state index in [1.54, 1.807) is 0 Å². The number of nitrogens with two attached hydrogens (primary N) is 1. The van der Waals surface area contributed by atoms with Crippen molar-refractivity contribution in [3.05, 3.63) is 29.6 Å². The van der Waals surface area contributed by atoms with Crippen molar-refractivity contribution < 1.29 is 9.18 Å². The molecule has 0 bridgehead atoms. The second-order valence-corrected chi connectivity index (χ2v) is 4.57. The monoisotopic (exact) mass is 268 g/mol. The Morgan fingerprint density at radius 2 is 2.11 bits per heavy atom. The number of benzene rings is 1. The van der Waals surface area contributed by atoms with Gasteiger partial charge in [0.25, 0.3) is 5.91 Å². The number of carbonyl (C=O) groups is 1.